The molecule has 148 valence electrons. The molecular weight excluding hydrogens is 476 g/mol. The fraction of sp³-hybridized carbons (Fsp3) is 0.400. The largest absolute Gasteiger partial charge is 3.00 e. The van der Waals surface area contributed by atoms with Crippen molar-refractivity contribution < 1.29 is 95.5 Å². The van der Waals surface area contributed by atoms with Crippen molar-refractivity contribution in [1.29, 1.82) is 0 Å². The van der Waals surface area contributed by atoms with Gasteiger partial charge in [-0.05, 0) is 39.0 Å². The first kappa shape index (κ1) is 44.0. The maximum Gasteiger partial charge on any atom is 3.00 e. The average Bonchev–Trinajstić information content (AvgIpc) is 2.10. The Labute approximate surface area is 188 Å². The molecule has 0 spiro atoms. The van der Waals surface area contributed by atoms with Crippen molar-refractivity contribution in [3.8, 4) is 0 Å². The van der Waals surface area contributed by atoms with E-state index in [4.69, 9.17) is 0 Å². The number of carbonyl (C=O) groups is 3. The van der Waals surface area contributed by atoms with Crippen LogP contribution in [0, 0.1) is 49.4 Å². The summed E-state index contributed by atoms with van der Waals surface area (Å²) >= 11 is 0. The smallest absolute Gasteiger partial charge is 0.876 e. The summed E-state index contributed by atoms with van der Waals surface area (Å²) in [5, 5.41) is 29.9. The molecule has 0 aliphatic heterocycles. The van der Waals surface area contributed by atoms with Crippen LogP contribution in [0.5, 0.6) is 0 Å². The van der Waals surface area contributed by atoms with Crippen molar-refractivity contribution in [1.82, 2.24) is 0 Å². The van der Waals surface area contributed by atoms with E-state index in [1.165, 1.54) is 41.5 Å². The molecule has 25 heavy (non-hydrogen) atoms. The van der Waals surface area contributed by atoms with Gasteiger partial charge in [0, 0.05) is 0 Å². The van der Waals surface area contributed by atoms with Crippen molar-refractivity contribution in [3.63, 3.8) is 0 Å². The number of carbonyl (C=O) groups excluding carboxylic acids is 3. The molecule has 0 amide bonds. The minimum Gasteiger partial charge on any atom is -0.876 e. The Bertz CT molecular complexity index is 373. The molecule has 0 saturated heterocycles. The van der Waals surface area contributed by atoms with Crippen LogP contribution in [0.15, 0.2) is 35.5 Å². The maximum atomic E-state index is 9.98. The summed E-state index contributed by atoms with van der Waals surface area (Å²) in [7, 11) is 0. The van der Waals surface area contributed by atoms with Gasteiger partial charge >= 0.3 is 49.4 Å². The second-order valence-electron chi connectivity index (χ2n) is 4.10. The summed E-state index contributed by atoms with van der Waals surface area (Å²) in [6.07, 6.45) is 3.17. The molecule has 0 aliphatic carbocycles. The summed E-state index contributed by atoms with van der Waals surface area (Å²) in [4.78, 5) is 29.9. The zero-order valence-corrected chi connectivity index (χ0v) is 17.5. The molecular formula is C15H27EuO9. The van der Waals surface area contributed by atoms with Gasteiger partial charge in [-0.1, -0.05) is 20.8 Å². The topological polar surface area (TPSA) is 215 Å². The molecule has 0 aliphatic rings. The van der Waals surface area contributed by atoms with E-state index in [9.17, 15) is 29.7 Å². The Balaban J connectivity index is -0.0000000360. The normalized spacial score (nSPS) is 9.60. The van der Waals surface area contributed by atoms with Crippen LogP contribution in [0.25, 0.3) is 0 Å². The first-order valence-electron chi connectivity index (χ1n) is 5.96. The zero-order chi connectivity index (χ0) is 17.6. The average molecular weight is 503 g/mol. The Hall–Kier alpha value is -0.906. The van der Waals surface area contributed by atoms with Crippen LogP contribution in [0.3, 0.4) is 0 Å². The van der Waals surface area contributed by atoms with Crippen LogP contribution in [0.1, 0.15) is 41.5 Å². The third-order valence-electron chi connectivity index (χ3n) is 1.22. The molecule has 0 aromatic heterocycles. The van der Waals surface area contributed by atoms with Gasteiger partial charge in [0.15, 0.2) is 17.3 Å². The second-order valence-corrected chi connectivity index (χ2v) is 4.10. The molecule has 0 saturated carbocycles. The van der Waals surface area contributed by atoms with Crippen LogP contribution in [0.2, 0.25) is 0 Å². The van der Waals surface area contributed by atoms with Crippen LogP contribution in [-0.4, -0.2) is 33.8 Å². The van der Waals surface area contributed by atoms with Gasteiger partial charge in [-0.3, -0.25) is 14.4 Å². The second kappa shape index (κ2) is 27.9. The van der Waals surface area contributed by atoms with Gasteiger partial charge in [-0.2, -0.15) is 0 Å². The number of ketones is 3. The van der Waals surface area contributed by atoms with Gasteiger partial charge in [0.25, 0.3) is 0 Å². The van der Waals surface area contributed by atoms with Crippen LogP contribution in [-0.2, 0) is 14.4 Å². The molecule has 0 aromatic carbocycles. The van der Waals surface area contributed by atoms with Crippen molar-refractivity contribution in [2.75, 3.05) is 0 Å². The molecule has 9 nitrogen and oxygen atoms in total. The van der Waals surface area contributed by atoms with Crippen molar-refractivity contribution in [3.05, 3.63) is 35.5 Å². The number of hydrogen-bond acceptors (Lipinski definition) is 6. The van der Waals surface area contributed by atoms with Gasteiger partial charge in [-0.25, -0.2) is 0 Å². The van der Waals surface area contributed by atoms with Crippen molar-refractivity contribution in [2.45, 2.75) is 41.5 Å². The first-order valence-corrected chi connectivity index (χ1v) is 5.96. The molecule has 0 atom stereocenters. The first-order chi connectivity index (χ1) is 9.38. The number of allylic oxidation sites excluding steroid dienone is 6. The molecule has 0 fully saturated rings. The predicted molar refractivity (Wildman–Crippen MR) is 84.2 cm³/mol. The van der Waals surface area contributed by atoms with E-state index in [0.29, 0.717) is 0 Å². The Morgan fingerprint density at radius 1 is 0.520 bits per heavy atom. The SMILES string of the molecule is CC(=O)C=C(C)[O-].CC(=O)C=C(C)[O-].CC(=O)C=C(C)[O-].O.O.O.[Eu+3]. The van der Waals surface area contributed by atoms with Gasteiger partial charge < -0.3 is 31.7 Å². The molecule has 0 heterocycles. The van der Waals surface area contributed by atoms with Gasteiger partial charge in [0.05, 0.1) is 0 Å². The van der Waals surface area contributed by atoms with E-state index < -0.39 is 0 Å². The molecule has 0 bridgehead atoms. The van der Waals surface area contributed by atoms with E-state index in [1.807, 2.05) is 0 Å². The zero-order valence-electron chi connectivity index (χ0n) is 15.1. The van der Waals surface area contributed by atoms with Crippen LogP contribution >= 0.6 is 0 Å². The number of hydrogen-bond donors (Lipinski definition) is 0. The Morgan fingerprint density at radius 3 is 0.640 bits per heavy atom. The van der Waals surface area contributed by atoms with Crippen molar-refractivity contribution >= 4 is 17.3 Å². The molecule has 10 heteroatoms. The fourth-order valence-corrected chi connectivity index (χ4v) is 0.859. The molecule has 0 rings (SSSR count). The summed E-state index contributed by atoms with van der Waals surface area (Å²) < 4.78 is 0. The Kier molecular flexibility index (Phi) is 49.1. The minimum absolute atomic E-state index is 0. The summed E-state index contributed by atoms with van der Waals surface area (Å²) in [6.45, 7) is 8.09. The third-order valence-corrected chi connectivity index (χ3v) is 1.22. The standard InChI is InChI=1S/3C5H8O2.Eu.3H2O/c3*1-4(6)3-5(2)7;;;;/h3*3,6H,1-2H3;;3*1H2/q;;;+3;;;/p-3. The van der Waals surface area contributed by atoms with Crippen LogP contribution in [0.4, 0.5) is 0 Å². The van der Waals surface area contributed by atoms with Crippen LogP contribution < -0.4 is 15.3 Å². The van der Waals surface area contributed by atoms with E-state index in [1.54, 1.807) is 0 Å². The summed E-state index contributed by atoms with van der Waals surface area (Å²) in [5.41, 5.74) is 0. The minimum atomic E-state index is -0.187. The quantitative estimate of drug-likeness (QED) is 0.289. The van der Waals surface area contributed by atoms with Gasteiger partial charge in [-0.15, -0.1) is 17.3 Å². The summed E-state index contributed by atoms with van der Waals surface area (Å²) in [5.74, 6) is -1.12. The maximum absolute atomic E-state index is 9.98. The number of rotatable bonds is 3. The van der Waals surface area contributed by atoms with Gasteiger partial charge in [0.1, 0.15) is 0 Å². The third kappa shape index (κ3) is 83.5. The van der Waals surface area contributed by atoms with E-state index in [2.05, 4.69) is 0 Å². The molecule has 0 radical (unpaired) electrons. The molecule has 6 N–H and O–H groups in total. The van der Waals surface area contributed by atoms with Crippen molar-refractivity contribution in [2.24, 2.45) is 0 Å². The van der Waals surface area contributed by atoms with E-state index >= 15 is 0 Å². The molecule has 0 aromatic rings. The molecule has 0 unspecified atom stereocenters. The Morgan fingerprint density at radius 2 is 0.640 bits per heavy atom. The summed E-state index contributed by atoms with van der Waals surface area (Å²) in [6, 6.07) is 0. The van der Waals surface area contributed by atoms with E-state index in [0.717, 1.165) is 18.2 Å². The monoisotopic (exact) mass is 504 g/mol. The van der Waals surface area contributed by atoms with E-state index in [-0.39, 0.29) is 100 Å². The fourth-order valence-electron chi connectivity index (χ4n) is 0.859. The van der Waals surface area contributed by atoms with Gasteiger partial charge in [0.2, 0.25) is 0 Å². The predicted octanol–water partition coefficient (Wildman–Crippen LogP) is -2.96.